The van der Waals surface area contributed by atoms with Crippen LogP contribution >= 0.6 is 0 Å². The number of aliphatic hydroxyl groups excluding tert-OH is 1. The molecule has 32 heavy (non-hydrogen) atoms. The monoisotopic (exact) mass is 429 g/mol. The number of hydrogen-bond donors (Lipinski definition) is 2. The standard InChI is InChI=1S/C22H23FN2O.C5H5N/c23-21-13-11-20(12-14-21)22(25-16-5-2-6-17-26)18-24-15-7-10-19-8-3-1-4-9-19;1-2-4-6-5-3-1/h1,3-4,8-9,11-14,16,18,24,26H,6-7,10,15,17H2;1-5H/b22-18-,25-16?;. The van der Waals surface area contributed by atoms with Gasteiger partial charge in [-0.05, 0) is 54.8 Å². The van der Waals surface area contributed by atoms with Crippen molar-refractivity contribution in [3.8, 4) is 11.8 Å². The fourth-order valence-electron chi connectivity index (χ4n) is 2.61. The van der Waals surface area contributed by atoms with Crippen LogP contribution in [-0.4, -0.2) is 29.5 Å². The molecule has 1 aromatic heterocycles. The highest BCUT2D eigenvalue weighted by molar-refractivity contribution is 5.84. The Labute approximate surface area is 189 Å². The van der Waals surface area contributed by atoms with Crippen LogP contribution in [-0.2, 0) is 6.42 Å². The van der Waals surface area contributed by atoms with Gasteiger partial charge in [0, 0.05) is 37.1 Å². The fraction of sp³-hybridized carbons (Fsp3) is 0.185. The number of aliphatic hydroxyl groups is 1. The number of nitrogens with one attached hydrogen (secondary N) is 1. The summed E-state index contributed by atoms with van der Waals surface area (Å²) in [6.45, 7) is 0.843. The van der Waals surface area contributed by atoms with Crippen molar-refractivity contribution in [1.82, 2.24) is 10.3 Å². The van der Waals surface area contributed by atoms with Gasteiger partial charge in [0.1, 0.15) is 5.82 Å². The van der Waals surface area contributed by atoms with Crippen LogP contribution < -0.4 is 5.32 Å². The normalized spacial score (nSPS) is 10.6. The molecule has 0 bridgehead atoms. The highest BCUT2D eigenvalue weighted by atomic mass is 19.1. The predicted molar refractivity (Wildman–Crippen MR) is 129 cm³/mol. The van der Waals surface area contributed by atoms with E-state index in [1.807, 2.05) is 42.6 Å². The van der Waals surface area contributed by atoms with Crippen LogP contribution in [0.5, 0.6) is 0 Å². The lowest BCUT2D eigenvalue weighted by molar-refractivity contribution is 0.305. The quantitative estimate of drug-likeness (QED) is 0.305. The number of hydrogen-bond acceptors (Lipinski definition) is 4. The second kappa shape index (κ2) is 16.0. The van der Waals surface area contributed by atoms with Crippen molar-refractivity contribution in [1.29, 1.82) is 0 Å². The summed E-state index contributed by atoms with van der Waals surface area (Å²) in [4.78, 5) is 8.13. The van der Waals surface area contributed by atoms with Gasteiger partial charge in [0.05, 0.1) is 18.5 Å². The van der Waals surface area contributed by atoms with E-state index in [-0.39, 0.29) is 12.4 Å². The molecule has 5 heteroatoms. The van der Waals surface area contributed by atoms with Gasteiger partial charge in [0.2, 0.25) is 0 Å². The lowest BCUT2D eigenvalue weighted by atomic mass is 10.1. The topological polar surface area (TPSA) is 57.5 Å². The van der Waals surface area contributed by atoms with Crippen LogP contribution in [0.25, 0.3) is 5.70 Å². The minimum absolute atomic E-state index is 0.0322. The zero-order valence-corrected chi connectivity index (χ0v) is 18.0. The van der Waals surface area contributed by atoms with Gasteiger partial charge in [-0.2, -0.15) is 0 Å². The van der Waals surface area contributed by atoms with Gasteiger partial charge in [-0.25, -0.2) is 9.38 Å². The van der Waals surface area contributed by atoms with Crippen molar-refractivity contribution < 1.29 is 9.50 Å². The van der Waals surface area contributed by atoms with E-state index >= 15 is 0 Å². The molecule has 0 aliphatic rings. The second-order valence-corrected chi connectivity index (χ2v) is 6.66. The summed E-state index contributed by atoms with van der Waals surface area (Å²) in [7, 11) is 0. The minimum Gasteiger partial charge on any atom is -0.395 e. The van der Waals surface area contributed by atoms with Crippen LogP contribution in [0.4, 0.5) is 4.39 Å². The molecule has 2 aromatic carbocycles. The van der Waals surface area contributed by atoms with E-state index in [1.54, 1.807) is 24.5 Å². The Hall–Kier alpha value is -3.75. The Morgan fingerprint density at radius 3 is 2.34 bits per heavy atom. The van der Waals surface area contributed by atoms with E-state index in [9.17, 15) is 4.39 Å². The molecule has 0 amide bonds. The maximum Gasteiger partial charge on any atom is 0.123 e. The molecule has 2 N–H and O–H groups in total. The number of nitrogens with zero attached hydrogens (tertiary/aromatic N) is 2. The number of halogens is 1. The molecule has 0 radical (unpaired) electrons. The molecule has 3 rings (SSSR count). The van der Waals surface area contributed by atoms with Gasteiger partial charge >= 0.3 is 0 Å². The Balaban J connectivity index is 0.000000520. The molecule has 0 spiro atoms. The summed E-state index contributed by atoms with van der Waals surface area (Å²) in [5.41, 5.74) is 2.80. The largest absolute Gasteiger partial charge is 0.395 e. The van der Waals surface area contributed by atoms with Crippen molar-refractivity contribution in [3.05, 3.63) is 108 Å². The van der Waals surface area contributed by atoms with Gasteiger partial charge in [-0.3, -0.25) is 4.98 Å². The van der Waals surface area contributed by atoms with Crippen molar-refractivity contribution in [2.75, 3.05) is 13.2 Å². The van der Waals surface area contributed by atoms with Crippen LogP contribution in [0, 0.1) is 17.7 Å². The molecule has 0 aliphatic carbocycles. The van der Waals surface area contributed by atoms with Crippen molar-refractivity contribution in [2.24, 2.45) is 4.99 Å². The molecule has 0 aliphatic heterocycles. The lowest BCUT2D eigenvalue weighted by Gasteiger charge is -2.05. The molecule has 0 saturated heterocycles. The highest BCUT2D eigenvalue weighted by Crippen LogP contribution is 2.15. The SMILES string of the molecule is OCCC#CC=N/C(=C\NCCCc1ccccc1)c1ccc(F)cc1.c1ccncc1. The summed E-state index contributed by atoms with van der Waals surface area (Å²) in [6, 6.07) is 22.2. The molecule has 0 fully saturated rings. The Morgan fingerprint density at radius 2 is 1.72 bits per heavy atom. The summed E-state index contributed by atoms with van der Waals surface area (Å²) in [5, 5.41) is 12.0. The smallest absolute Gasteiger partial charge is 0.123 e. The molecule has 164 valence electrons. The van der Waals surface area contributed by atoms with E-state index in [4.69, 9.17) is 5.11 Å². The van der Waals surface area contributed by atoms with Crippen molar-refractivity contribution in [3.63, 3.8) is 0 Å². The predicted octanol–water partition coefficient (Wildman–Crippen LogP) is 4.88. The third-order valence-electron chi connectivity index (χ3n) is 4.18. The first-order valence-electron chi connectivity index (χ1n) is 10.5. The number of pyridine rings is 1. The van der Waals surface area contributed by atoms with Gasteiger partial charge in [-0.15, -0.1) is 0 Å². The molecular formula is C27H28FN3O. The van der Waals surface area contributed by atoms with Gasteiger partial charge in [0.25, 0.3) is 0 Å². The molecule has 0 atom stereocenters. The van der Waals surface area contributed by atoms with Gasteiger partial charge in [0.15, 0.2) is 0 Å². The Morgan fingerprint density at radius 1 is 1.00 bits per heavy atom. The Bertz CT molecular complexity index is 965. The molecule has 4 nitrogen and oxygen atoms in total. The summed E-state index contributed by atoms with van der Waals surface area (Å²) in [5.74, 6) is 5.28. The average Bonchev–Trinajstić information content (AvgIpc) is 2.85. The molecule has 3 aromatic rings. The summed E-state index contributed by atoms with van der Waals surface area (Å²) in [6.07, 6.45) is 9.24. The fourth-order valence-corrected chi connectivity index (χ4v) is 2.61. The highest BCUT2D eigenvalue weighted by Gasteiger charge is 2.00. The second-order valence-electron chi connectivity index (χ2n) is 6.66. The third kappa shape index (κ3) is 10.9. The van der Waals surface area contributed by atoms with E-state index in [2.05, 4.69) is 39.3 Å². The third-order valence-corrected chi connectivity index (χ3v) is 4.18. The number of aryl methyl sites for hydroxylation is 1. The minimum atomic E-state index is -0.282. The first-order chi connectivity index (χ1) is 15.8. The van der Waals surface area contributed by atoms with E-state index in [0.717, 1.165) is 24.9 Å². The number of aromatic nitrogens is 1. The van der Waals surface area contributed by atoms with Crippen LogP contribution in [0.15, 0.2) is 96.4 Å². The number of aliphatic imine (C=N–C) groups is 1. The average molecular weight is 430 g/mol. The molecule has 0 saturated carbocycles. The zero-order valence-electron chi connectivity index (χ0n) is 18.0. The molecular weight excluding hydrogens is 401 g/mol. The Kier molecular flexibility index (Phi) is 12.3. The summed E-state index contributed by atoms with van der Waals surface area (Å²) < 4.78 is 13.1. The molecule has 1 heterocycles. The van der Waals surface area contributed by atoms with Crippen LogP contribution in [0.3, 0.4) is 0 Å². The first kappa shape index (κ1) is 24.5. The summed E-state index contributed by atoms with van der Waals surface area (Å²) >= 11 is 0. The van der Waals surface area contributed by atoms with Crippen molar-refractivity contribution >= 4 is 11.9 Å². The maximum absolute atomic E-state index is 13.1. The van der Waals surface area contributed by atoms with E-state index in [0.29, 0.717) is 12.1 Å². The van der Waals surface area contributed by atoms with Crippen LogP contribution in [0.1, 0.15) is 24.0 Å². The van der Waals surface area contributed by atoms with Crippen LogP contribution in [0.2, 0.25) is 0 Å². The molecule has 0 unspecified atom stereocenters. The zero-order chi connectivity index (χ0) is 22.7. The number of rotatable bonds is 8. The number of benzene rings is 2. The first-order valence-corrected chi connectivity index (χ1v) is 10.5. The van der Waals surface area contributed by atoms with E-state index < -0.39 is 0 Å². The van der Waals surface area contributed by atoms with Gasteiger partial charge < -0.3 is 10.4 Å². The van der Waals surface area contributed by atoms with E-state index in [1.165, 1.54) is 23.9 Å². The maximum atomic E-state index is 13.1. The lowest BCUT2D eigenvalue weighted by Crippen LogP contribution is -2.09. The van der Waals surface area contributed by atoms with Gasteiger partial charge in [-0.1, -0.05) is 48.2 Å². The van der Waals surface area contributed by atoms with Crippen molar-refractivity contribution in [2.45, 2.75) is 19.3 Å².